The number of carbonyl (C=O) groups excluding carboxylic acids is 1. The van der Waals surface area contributed by atoms with Crippen LogP contribution in [0.2, 0.25) is 0 Å². The van der Waals surface area contributed by atoms with Gasteiger partial charge in [0.05, 0.1) is 29.3 Å². The smallest absolute Gasteiger partial charge is 0.255 e. The third kappa shape index (κ3) is 3.50. The van der Waals surface area contributed by atoms with Gasteiger partial charge >= 0.3 is 0 Å². The van der Waals surface area contributed by atoms with Crippen LogP contribution in [0, 0.1) is 0 Å². The van der Waals surface area contributed by atoms with Crippen molar-refractivity contribution in [2.24, 2.45) is 0 Å². The molecule has 0 aliphatic carbocycles. The third-order valence-corrected chi connectivity index (χ3v) is 5.61. The average molecular weight is 425 g/mol. The number of carbonyl (C=O) groups is 1. The summed E-state index contributed by atoms with van der Waals surface area (Å²) in [6.45, 7) is 4.47. The second-order valence-corrected chi connectivity index (χ2v) is 7.68. The van der Waals surface area contributed by atoms with E-state index in [9.17, 15) is 4.79 Å². The Hall–Kier alpha value is -4.06. The maximum absolute atomic E-state index is 13.6. The lowest BCUT2D eigenvalue weighted by Crippen LogP contribution is -2.30. The zero-order valence-electron chi connectivity index (χ0n) is 18.0. The molecule has 1 aromatic heterocycles. The highest BCUT2D eigenvalue weighted by atomic mass is 16.5. The molecular weight excluding hydrogens is 400 g/mol. The lowest BCUT2D eigenvalue weighted by Gasteiger charge is -2.30. The van der Waals surface area contributed by atoms with Gasteiger partial charge in [0.15, 0.2) is 0 Å². The van der Waals surface area contributed by atoms with Crippen molar-refractivity contribution in [3.05, 3.63) is 95.7 Å². The van der Waals surface area contributed by atoms with Crippen LogP contribution in [-0.2, 0) is 4.79 Å². The minimum atomic E-state index is -0.303. The summed E-state index contributed by atoms with van der Waals surface area (Å²) >= 11 is 0. The number of nitrogens with one attached hydrogen (secondary N) is 2. The molecule has 160 valence electrons. The van der Waals surface area contributed by atoms with Crippen LogP contribution in [0.25, 0.3) is 11.0 Å². The first-order valence-corrected chi connectivity index (χ1v) is 10.7. The van der Waals surface area contributed by atoms with Crippen molar-refractivity contribution >= 4 is 28.6 Å². The van der Waals surface area contributed by atoms with Gasteiger partial charge in [0, 0.05) is 11.4 Å². The first-order chi connectivity index (χ1) is 15.7. The van der Waals surface area contributed by atoms with E-state index in [1.165, 1.54) is 0 Å². The lowest BCUT2D eigenvalue weighted by molar-refractivity contribution is -0.113. The number of rotatable bonds is 5. The number of anilines is 2. The predicted molar refractivity (Wildman–Crippen MR) is 127 cm³/mol. The Bertz CT molecular complexity index is 1310. The summed E-state index contributed by atoms with van der Waals surface area (Å²) in [5, 5.41) is 6.40. The molecule has 32 heavy (non-hydrogen) atoms. The fourth-order valence-corrected chi connectivity index (χ4v) is 4.21. The largest absolute Gasteiger partial charge is 0.494 e. The molecule has 0 spiro atoms. The molecule has 1 atom stereocenters. The number of hydrogen-bond donors (Lipinski definition) is 2. The molecule has 0 saturated carbocycles. The minimum Gasteiger partial charge on any atom is -0.494 e. The van der Waals surface area contributed by atoms with Gasteiger partial charge in [-0.15, -0.1) is 0 Å². The van der Waals surface area contributed by atoms with Gasteiger partial charge in [0.1, 0.15) is 5.75 Å². The zero-order chi connectivity index (χ0) is 22.1. The van der Waals surface area contributed by atoms with Crippen LogP contribution < -0.4 is 15.4 Å². The number of aromatic nitrogens is 2. The first kappa shape index (κ1) is 19.9. The van der Waals surface area contributed by atoms with Crippen molar-refractivity contribution in [1.29, 1.82) is 0 Å². The number of nitrogens with zero attached hydrogens (tertiary/aromatic N) is 2. The molecule has 0 fully saturated rings. The van der Waals surface area contributed by atoms with E-state index in [0.29, 0.717) is 17.9 Å². The first-order valence-electron chi connectivity index (χ1n) is 10.7. The van der Waals surface area contributed by atoms with E-state index >= 15 is 0 Å². The van der Waals surface area contributed by atoms with Gasteiger partial charge in [-0.1, -0.05) is 42.5 Å². The van der Waals surface area contributed by atoms with Crippen LogP contribution in [0.3, 0.4) is 0 Å². The van der Waals surface area contributed by atoms with Crippen LogP contribution in [-0.4, -0.2) is 22.1 Å². The normalized spacial score (nSPS) is 15.2. The molecule has 0 bridgehead atoms. The molecule has 4 aromatic rings. The Kier molecular flexibility index (Phi) is 5.11. The molecule has 3 aromatic carbocycles. The Morgan fingerprint density at radius 1 is 1.03 bits per heavy atom. The summed E-state index contributed by atoms with van der Waals surface area (Å²) in [5.74, 6) is 1.35. The van der Waals surface area contributed by atoms with Crippen molar-refractivity contribution in [3.8, 4) is 5.75 Å². The van der Waals surface area contributed by atoms with Crippen LogP contribution in [0.1, 0.15) is 25.5 Å². The maximum atomic E-state index is 13.6. The minimum absolute atomic E-state index is 0.156. The Labute approximate surface area is 186 Å². The van der Waals surface area contributed by atoms with E-state index < -0.39 is 0 Å². The van der Waals surface area contributed by atoms with Gasteiger partial charge in [0.2, 0.25) is 5.95 Å². The van der Waals surface area contributed by atoms with Crippen LogP contribution in [0.15, 0.2) is 90.1 Å². The summed E-state index contributed by atoms with van der Waals surface area (Å²) in [4.78, 5) is 18.3. The van der Waals surface area contributed by atoms with Gasteiger partial charge < -0.3 is 15.4 Å². The molecular formula is C26H24N4O2. The lowest BCUT2D eigenvalue weighted by atomic mass is 9.94. The molecule has 1 aliphatic heterocycles. The summed E-state index contributed by atoms with van der Waals surface area (Å²) in [5.41, 5.74) is 5.03. The molecule has 0 unspecified atom stereocenters. The van der Waals surface area contributed by atoms with Gasteiger partial charge in [-0.2, -0.15) is 0 Å². The number of benzene rings is 3. The molecule has 0 saturated heterocycles. The number of para-hydroxylation sites is 2. The van der Waals surface area contributed by atoms with Gasteiger partial charge in [-0.3, -0.25) is 9.36 Å². The summed E-state index contributed by atoms with van der Waals surface area (Å²) < 4.78 is 7.60. The molecule has 2 N–H and O–H groups in total. The number of hydrogen-bond acceptors (Lipinski definition) is 4. The van der Waals surface area contributed by atoms with E-state index in [2.05, 4.69) is 15.2 Å². The number of ether oxygens (including phenoxy) is 1. The number of allylic oxidation sites excluding steroid dienone is 1. The molecule has 0 radical (unpaired) electrons. The van der Waals surface area contributed by atoms with Crippen LogP contribution in [0.5, 0.6) is 5.75 Å². The molecule has 2 heterocycles. The van der Waals surface area contributed by atoms with Gasteiger partial charge in [-0.25, -0.2) is 4.98 Å². The van der Waals surface area contributed by atoms with E-state index in [-0.39, 0.29) is 11.9 Å². The summed E-state index contributed by atoms with van der Waals surface area (Å²) in [6, 6.07) is 25.2. The van der Waals surface area contributed by atoms with Crippen molar-refractivity contribution in [2.45, 2.75) is 19.9 Å². The average Bonchev–Trinajstić information content (AvgIpc) is 3.18. The number of imidazole rings is 1. The second-order valence-electron chi connectivity index (χ2n) is 7.68. The van der Waals surface area contributed by atoms with Crippen LogP contribution >= 0.6 is 0 Å². The second kappa shape index (κ2) is 8.23. The molecule has 6 heteroatoms. The Morgan fingerprint density at radius 3 is 2.50 bits per heavy atom. The maximum Gasteiger partial charge on any atom is 0.255 e. The van der Waals surface area contributed by atoms with Crippen LogP contribution in [0.4, 0.5) is 11.6 Å². The molecule has 1 amide bonds. The van der Waals surface area contributed by atoms with E-state index in [4.69, 9.17) is 9.72 Å². The van der Waals surface area contributed by atoms with E-state index in [1.807, 2.05) is 92.7 Å². The fraction of sp³-hybridized carbons (Fsp3) is 0.154. The fourth-order valence-electron chi connectivity index (χ4n) is 4.21. The van der Waals surface area contributed by atoms with E-state index in [0.717, 1.165) is 34.0 Å². The van der Waals surface area contributed by atoms with Crippen molar-refractivity contribution in [3.63, 3.8) is 0 Å². The Balaban J connectivity index is 1.57. The van der Waals surface area contributed by atoms with Crippen molar-refractivity contribution in [2.75, 3.05) is 17.2 Å². The summed E-state index contributed by atoms with van der Waals surface area (Å²) in [7, 11) is 0. The monoisotopic (exact) mass is 424 g/mol. The molecule has 1 aliphatic rings. The van der Waals surface area contributed by atoms with Crippen molar-refractivity contribution in [1.82, 2.24) is 9.55 Å². The highest BCUT2D eigenvalue weighted by Crippen LogP contribution is 2.39. The third-order valence-electron chi connectivity index (χ3n) is 5.61. The predicted octanol–water partition coefficient (Wildman–Crippen LogP) is 5.36. The number of fused-ring (bicyclic) bond motifs is 3. The topological polar surface area (TPSA) is 68.2 Å². The van der Waals surface area contributed by atoms with Crippen molar-refractivity contribution < 1.29 is 9.53 Å². The zero-order valence-corrected chi connectivity index (χ0v) is 18.0. The SMILES string of the molecule is CCOc1ccc(NC(=O)C2=C(C)Nc3nc4ccccc4n3[C@H]2c2ccccc2)cc1. The number of amides is 1. The van der Waals surface area contributed by atoms with Gasteiger partial charge in [-0.05, 0) is 55.8 Å². The standard InChI is InChI=1S/C26H24N4O2/c1-3-32-20-15-13-19(14-16-20)28-25(31)23-17(2)27-26-29-21-11-7-8-12-22(21)30(26)24(23)18-9-5-4-6-10-18/h4-16,24H,3H2,1-2H3,(H,27,29)(H,28,31)/t24-/m0/s1. The highest BCUT2D eigenvalue weighted by Gasteiger charge is 2.34. The molecule has 5 rings (SSSR count). The summed E-state index contributed by atoms with van der Waals surface area (Å²) in [6.07, 6.45) is 0. The Morgan fingerprint density at radius 2 is 1.75 bits per heavy atom. The van der Waals surface area contributed by atoms with E-state index in [1.54, 1.807) is 0 Å². The quantitative estimate of drug-likeness (QED) is 0.452. The van der Waals surface area contributed by atoms with Gasteiger partial charge in [0.25, 0.3) is 5.91 Å². The highest BCUT2D eigenvalue weighted by molar-refractivity contribution is 6.06. The molecule has 6 nitrogen and oxygen atoms in total.